The Morgan fingerprint density at radius 1 is 1.20 bits per heavy atom. The van der Waals surface area contributed by atoms with E-state index in [1.54, 1.807) is 13.8 Å². The van der Waals surface area contributed by atoms with Gasteiger partial charge in [-0.3, -0.25) is 9.78 Å². The van der Waals surface area contributed by atoms with E-state index < -0.39 is 28.5 Å². The van der Waals surface area contributed by atoms with Gasteiger partial charge in [-0.15, -0.1) is 0 Å². The maximum Gasteiger partial charge on any atom is 0.359 e. The van der Waals surface area contributed by atoms with E-state index in [-0.39, 0.29) is 16.3 Å². The van der Waals surface area contributed by atoms with Crippen LogP contribution in [0, 0.1) is 13.8 Å². The van der Waals surface area contributed by atoms with Crippen LogP contribution in [-0.4, -0.2) is 36.9 Å². The van der Waals surface area contributed by atoms with Gasteiger partial charge in [0.25, 0.3) is 5.91 Å². The summed E-state index contributed by atoms with van der Waals surface area (Å²) in [5, 5.41) is 7.53. The molecule has 0 aliphatic rings. The number of rotatable bonds is 5. The topological polar surface area (TPSA) is 141 Å². The zero-order chi connectivity index (χ0) is 18.6. The van der Waals surface area contributed by atoms with Crippen LogP contribution >= 0.6 is 0 Å². The Hall–Kier alpha value is -2.85. The summed E-state index contributed by atoms with van der Waals surface area (Å²) in [6.07, 6.45) is 2.64. The SMILES string of the molecule is Cc1cnc(C(=O)OCC(=O)Nc2ccc(C)c(S(N)(=O)=O)c2)cn1. The molecule has 0 saturated heterocycles. The lowest BCUT2D eigenvalue weighted by molar-refractivity contribution is -0.119. The number of hydrogen-bond acceptors (Lipinski definition) is 7. The van der Waals surface area contributed by atoms with Gasteiger partial charge in [0.05, 0.1) is 16.8 Å². The molecular formula is C15H16N4O5S. The van der Waals surface area contributed by atoms with Gasteiger partial charge in [0.2, 0.25) is 10.0 Å². The summed E-state index contributed by atoms with van der Waals surface area (Å²) in [5.41, 5.74) is 1.28. The minimum atomic E-state index is -3.91. The largest absolute Gasteiger partial charge is 0.451 e. The number of nitrogens with two attached hydrogens (primary N) is 1. The monoisotopic (exact) mass is 364 g/mol. The summed E-state index contributed by atoms with van der Waals surface area (Å²) >= 11 is 0. The van der Waals surface area contributed by atoms with Crippen LogP contribution in [0.25, 0.3) is 0 Å². The summed E-state index contributed by atoms with van der Waals surface area (Å²) in [5.74, 6) is -1.44. The van der Waals surface area contributed by atoms with Gasteiger partial charge in [0.15, 0.2) is 12.3 Å². The van der Waals surface area contributed by atoms with Crippen molar-refractivity contribution in [2.24, 2.45) is 5.14 Å². The molecule has 10 heteroatoms. The number of nitrogens with zero attached hydrogens (tertiary/aromatic N) is 2. The number of carbonyl (C=O) groups is 2. The molecule has 1 heterocycles. The molecule has 0 fully saturated rings. The number of primary sulfonamides is 1. The normalized spacial score (nSPS) is 11.0. The first-order valence-electron chi connectivity index (χ1n) is 7.06. The predicted octanol–water partition coefficient (Wildman–Crippen LogP) is 0.536. The van der Waals surface area contributed by atoms with Crippen LogP contribution in [0.3, 0.4) is 0 Å². The molecule has 2 rings (SSSR count). The molecule has 0 atom stereocenters. The summed E-state index contributed by atoms with van der Waals surface area (Å²) < 4.78 is 27.8. The number of aromatic nitrogens is 2. The smallest absolute Gasteiger partial charge is 0.359 e. The fourth-order valence-corrected chi connectivity index (χ4v) is 2.69. The third kappa shape index (κ3) is 5.06. The zero-order valence-electron chi connectivity index (χ0n) is 13.5. The second kappa shape index (κ2) is 7.36. The van der Waals surface area contributed by atoms with Crippen molar-refractivity contribution < 1.29 is 22.7 Å². The van der Waals surface area contributed by atoms with Crippen LogP contribution < -0.4 is 10.5 Å². The Morgan fingerprint density at radius 3 is 2.52 bits per heavy atom. The van der Waals surface area contributed by atoms with Crippen molar-refractivity contribution >= 4 is 27.6 Å². The number of nitrogens with one attached hydrogen (secondary N) is 1. The first kappa shape index (κ1) is 18.5. The third-order valence-electron chi connectivity index (χ3n) is 3.10. The van der Waals surface area contributed by atoms with Gasteiger partial charge in [0, 0.05) is 11.9 Å². The van der Waals surface area contributed by atoms with E-state index in [0.717, 1.165) is 0 Å². The number of amides is 1. The van der Waals surface area contributed by atoms with Crippen molar-refractivity contribution in [3.05, 3.63) is 47.5 Å². The highest BCUT2D eigenvalue weighted by Gasteiger charge is 2.15. The maximum absolute atomic E-state index is 11.8. The van der Waals surface area contributed by atoms with E-state index >= 15 is 0 Å². The van der Waals surface area contributed by atoms with E-state index in [4.69, 9.17) is 9.88 Å². The van der Waals surface area contributed by atoms with E-state index in [9.17, 15) is 18.0 Å². The van der Waals surface area contributed by atoms with E-state index in [0.29, 0.717) is 11.3 Å². The second-order valence-corrected chi connectivity index (χ2v) is 6.72. The Kier molecular flexibility index (Phi) is 5.45. The van der Waals surface area contributed by atoms with Crippen LogP contribution in [-0.2, 0) is 19.6 Å². The molecule has 0 unspecified atom stereocenters. The maximum atomic E-state index is 11.8. The van der Waals surface area contributed by atoms with Gasteiger partial charge < -0.3 is 10.1 Å². The highest BCUT2D eigenvalue weighted by atomic mass is 32.2. The quantitative estimate of drug-likeness (QED) is 0.737. The minimum Gasteiger partial charge on any atom is -0.451 e. The van der Waals surface area contributed by atoms with Crippen LogP contribution in [0.1, 0.15) is 21.7 Å². The van der Waals surface area contributed by atoms with Crippen molar-refractivity contribution in [2.75, 3.05) is 11.9 Å². The number of benzene rings is 1. The lowest BCUT2D eigenvalue weighted by Gasteiger charge is -2.09. The Labute approximate surface area is 144 Å². The van der Waals surface area contributed by atoms with Crippen LogP contribution in [0.2, 0.25) is 0 Å². The molecule has 9 nitrogen and oxygen atoms in total. The third-order valence-corrected chi connectivity index (χ3v) is 4.16. The van der Waals surface area contributed by atoms with E-state index in [1.807, 2.05) is 0 Å². The van der Waals surface area contributed by atoms with Gasteiger partial charge >= 0.3 is 5.97 Å². The Bertz CT molecular complexity index is 910. The molecule has 0 aliphatic carbocycles. The van der Waals surface area contributed by atoms with Crippen molar-refractivity contribution in [2.45, 2.75) is 18.7 Å². The molecule has 1 aromatic carbocycles. The number of carbonyl (C=O) groups excluding carboxylic acids is 2. The fraction of sp³-hybridized carbons (Fsp3) is 0.200. The van der Waals surface area contributed by atoms with Gasteiger partial charge in [-0.2, -0.15) is 0 Å². The lowest BCUT2D eigenvalue weighted by Crippen LogP contribution is -2.22. The molecule has 0 aliphatic heterocycles. The van der Waals surface area contributed by atoms with E-state index in [1.165, 1.54) is 30.6 Å². The van der Waals surface area contributed by atoms with Crippen LogP contribution in [0.15, 0.2) is 35.5 Å². The first-order valence-corrected chi connectivity index (χ1v) is 8.60. The average molecular weight is 364 g/mol. The van der Waals surface area contributed by atoms with Gasteiger partial charge in [-0.25, -0.2) is 23.3 Å². The fourth-order valence-electron chi connectivity index (χ4n) is 1.88. The molecule has 2 aromatic rings. The molecule has 3 N–H and O–H groups in total. The highest BCUT2D eigenvalue weighted by molar-refractivity contribution is 7.89. The molecule has 25 heavy (non-hydrogen) atoms. The Balaban J connectivity index is 1.99. The molecule has 0 radical (unpaired) electrons. The summed E-state index contributed by atoms with van der Waals surface area (Å²) in [7, 11) is -3.91. The molecular weight excluding hydrogens is 348 g/mol. The van der Waals surface area contributed by atoms with Crippen molar-refractivity contribution in [3.8, 4) is 0 Å². The van der Waals surface area contributed by atoms with Gasteiger partial charge in [-0.1, -0.05) is 6.07 Å². The molecule has 132 valence electrons. The molecule has 0 saturated carbocycles. The summed E-state index contributed by atoms with van der Waals surface area (Å²) in [4.78, 5) is 31.2. The summed E-state index contributed by atoms with van der Waals surface area (Å²) in [6.45, 7) is 2.73. The number of hydrogen-bond donors (Lipinski definition) is 2. The predicted molar refractivity (Wildman–Crippen MR) is 88.2 cm³/mol. The molecule has 1 aromatic heterocycles. The lowest BCUT2D eigenvalue weighted by atomic mass is 10.2. The van der Waals surface area contributed by atoms with Crippen LogP contribution in [0.4, 0.5) is 5.69 Å². The minimum absolute atomic E-state index is 0.0229. The number of sulfonamides is 1. The summed E-state index contributed by atoms with van der Waals surface area (Å²) in [6, 6.07) is 4.24. The van der Waals surface area contributed by atoms with Crippen molar-refractivity contribution in [3.63, 3.8) is 0 Å². The van der Waals surface area contributed by atoms with Gasteiger partial charge in [0.1, 0.15) is 0 Å². The number of ether oxygens (including phenoxy) is 1. The second-order valence-electron chi connectivity index (χ2n) is 5.19. The highest BCUT2D eigenvalue weighted by Crippen LogP contribution is 2.18. The zero-order valence-corrected chi connectivity index (χ0v) is 14.3. The van der Waals surface area contributed by atoms with Crippen LogP contribution in [0.5, 0.6) is 0 Å². The Morgan fingerprint density at radius 2 is 1.92 bits per heavy atom. The average Bonchev–Trinajstić information content (AvgIpc) is 2.54. The van der Waals surface area contributed by atoms with Gasteiger partial charge in [-0.05, 0) is 31.5 Å². The standard InChI is InChI=1S/C15H16N4O5S/c1-9-3-4-11(5-13(9)25(16,22)23)19-14(20)8-24-15(21)12-7-17-10(2)6-18-12/h3-7H,8H2,1-2H3,(H,19,20)(H2,16,22,23). The molecule has 0 spiro atoms. The first-order chi connectivity index (χ1) is 11.7. The van der Waals surface area contributed by atoms with E-state index in [2.05, 4.69) is 15.3 Å². The number of anilines is 1. The van der Waals surface area contributed by atoms with Crippen molar-refractivity contribution in [1.82, 2.24) is 9.97 Å². The van der Waals surface area contributed by atoms with Crippen molar-refractivity contribution in [1.29, 1.82) is 0 Å². The number of esters is 1. The molecule has 1 amide bonds. The molecule has 0 bridgehead atoms. The number of aryl methyl sites for hydroxylation is 2.